The van der Waals surface area contributed by atoms with Crippen molar-refractivity contribution in [3.05, 3.63) is 29.8 Å². The molecule has 19 heavy (non-hydrogen) atoms. The molecule has 2 rings (SSSR count). The van der Waals surface area contributed by atoms with Crippen molar-refractivity contribution >= 4 is 18.2 Å². The number of rotatable bonds is 4. The molecule has 1 fully saturated rings. The number of carbonyl (C=O) groups excluding carboxylic acids is 1. The summed E-state index contributed by atoms with van der Waals surface area (Å²) >= 11 is 0. The fraction of sp³-hybridized carbons (Fsp3) is 0.533. The third kappa shape index (κ3) is 3.10. The number of benzene rings is 1. The molecule has 0 spiro atoms. The van der Waals surface area contributed by atoms with Crippen molar-refractivity contribution in [2.24, 2.45) is 0 Å². The summed E-state index contributed by atoms with van der Waals surface area (Å²) in [6, 6.07) is 7.87. The molecule has 3 nitrogen and oxygen atoms in total. The number of halogens is 1. The number of ether oxygens (including phenoxy) is 1. The first-order chi connectivity index (χ1) is 8.73. The van der Waals surface area contributed by atoms with E-state index in [-0.39, 0.29) is 12.4 Å². The summed E-state index contributed by atoms with van der Waals surface area (Å²) in [6.45, 7) is 2.84. The minimum absolute atomic E-state index is 0. The van der Waals surface area contributed by atoms with E-state index in [0.717, 1.165) is 37.1 Å². The third-order valence-corrected chi connectivity index (χ3v) is 3.72. The lowest BCUT2D eigenvalue weighted by molar-refractivity contribution is -0.128. The van der Waals surface area contributed by atoms with Gasteiger partial charge in [0.25, 0.3) is 0 Å². The van der Waals surface area contributed by atoms with E-state index in [0.29, 0.717) is 12.2 Å². The molecule has 106 valence electrons. The van der Waals surface area contributed by atoms with Crippen LogP contribution in [0.3, 0.4) is 0 Å². The van der Waals surface area contributed by atoms with Crippen LogP contribution in [0.5, 0.6) is 5.75 Å². The molecule has 1 atom stereocenters. The van der Waals surface area contributed by atoms with Crippen LogP contribution in [0.25, 0.3) is 0 Å². The van der Waals surface area contributed by atoms with Gasteiger partial charge in [0, 0.05) is 6.42 Å². The Morgan fingerprint density at radius 3 is 2.79 bits per heavy atom. The van der Waals surface area contributed by atoms with Crippen LogP contribution in [0.4, 0.5) is 0 Å². The Kier molecular flexibility index (Phi) is 5.83. The van der Waals surface area contributed by atoms with E-state index in [4.69, 9.17) is 4.74 Å². The summed E-state index contributed by atoms with van der Waals surface area (Å²) in [4.78, 5) is 12.4. The Morgan fingerprint density at radius 2 is 2.16 bits per heavy atom. The molecule has 1 aliphatic carbocycles. The highest BCUT2D eigenvalue weighted by molar-refractivity contribution is 5.90. The minimum atomic E-state index is -0.498. The number of likely N-dealkylation sites (N-methyl/N-ethyl adjacent to an activating group) is 1. The fourth-order valence-corrected chi connectivity index (χ4v) is 2.81. The SMILES string of the molecule is CCNC1(c2cccc(OC)c2)CCCCC1=O.Cl. The molecule has 0 aliphatic heterocycles. The maximum atomic E-state index is 12.4. The van der Waals surface area contributed by atoms with Crippen molar-refractivity contribution in [3.63, 3.8) is 0 Å². The Morgan fingerprint density at radius 1 is 1.37 bits per heavy atom. The van der Waals surface area contributed by atoms with Crippen LogP contribution in [-0.2, 0) is 10.3 Å². The number of carbonyl (C=O) groups is 1. The van der Waals surface area contributed by atoms with Gasteiger partial charge in [-0.1, -0.05) is 25.5 Å². The van der Waals surface area contributed by atoms with Gasteiger partial charge in [-0.2, -0.15) is 0 Å². The van der Waals surface area contributed by atoms with Crippen molar-refractivity contribution in [1.82, 2.24) is 5.32 Å². The molecule has 0 amide bonds. The minimum Gasteiger partial charge on any atom is -0.497 e. The van der Waals surface area contributed by atoms with Gasteiger partial charge in [0.15, 0.2) is 5.78 Å². The normalized spacial score (nSPS) is 22.7. The Hall–Kier alpha value is -1.06. The second-order valence-electron chi connectivity index (χ2n) is 4.80. The van der Waals surface area contributed by atoms with Gasteiger partial charge in [-0.25, -0.2) is 0 Å². The van der Waals surface area contributed by atoms with Gasteiger partial charge >= 0.3 is 0 Å². The molecule has 1 aromatic rings. The molecule has 1 N–H and O–H groups in total. The van der Waals surface area contributed by atoms with Crippen LogP contribution < -0.4 is 10.1 Å². The van der Waals surface area contributed by atoms with Crippen LogP contribution in [-0.4, -0.2) is 19.4 Å². The zero-order valence-electron chi connectivity index (χ0n) is 11.6. The number of nitrogens with one attached hydrogen (secondary N) is 1. The smallest absolute Gasteiger partial charge is 0.157 e. The van der Waals surface area contributed by atoms with Gasteiger partial charge in [0.2, 0.25) is 0 Å². The van der Waals surface area contributed by atoms with Gasteiger partial charge in [-0.05, 0) is 37.1 Å². The lowest BCUT2D eigenvalue weighted by Gasteiger charge is -2.37. The summed E-state index contributed by atoms with van der Waals surface area (Å²) in [7, 11) is 1.65. The van der Waals surface area contributed by atoms with Crippen LogP contribution in [0.15, 0.2) is 24.3 Å². The highest BCUT2D eigenvalue weighted by atomic mass is 35.5. The average molecular weight is 284 g/mol. The second kappa shape index (κ2) is 6.92. The maximum Gasteiger partial charge on any atom is 0.157 e. The monoisotopic (exact) mass is 283 g/mol. The third-order valence-electron chi connectivity index (χ3n) is 3.72. The van der Waals surface area contributed by atoms with E-state index in [1.54, 1.807) is 7.11 Å². The van der Waals surface area contributed by atoms with Crippen molar-refractivity contribution in [1.29, 1.82) is 0 Å². The van der Waals surface area contributed by atoms with Gasteiger partial charge in [0.1, 0.15) is 11.3 Å². The topological polar surface area (TPSA) is 38.3 Å². The van der Waals surface area contributed by atoms with Gasteiger partial charge < -0.3 is 10.1 Å². The number of methoxy groups -OCH3 is 1. The quantitative estimate of drug-likeness (QED) is 0.923. The molecular formula is C15H22ClNO2. The zero-order chi connectivity index (χ0) is 13.0. The van der Waals surface area contributed by atoms with E-state index >= 15 is 0 Å². The molecule has 0 radical (unpaired) electrons. The van der Waals surface area contributed by atoms with Crippen molar-refractivity contribution < 1.29 is 9.53 Å². The molecule has 0 heterocycles. The lowest BCUT2D eigenvalue weighted by Crippen LogP contribution is -2.50. The number of Topliss-reactive ketones (excluding diaryl/α,β-unsaturated/α-hetero) is 1. The van der Waals surface area contributed by atoms with Gasteiger partial charge in [-0.15, -0.1) is 12.4 Å². The molecule has 0 saturated heterocycles. The fourth-order valence-electron chi connectivity index (χ4n) is 2.81. The molecule has 0 bridgehead atoms. The first-order valence-corrected chi connectivity index (χ1v) is 6.66. The Balaban J connectivity index is 0.00000180. The lowest BCUT2D eigenvalue weighted by atomic mass is 9.75. The number of hydrogen-bond acceptors (Lipinski definition) is 3. The first kappa shape index (κ1) is 16.0. The Labute approximate surface area is 121 Å². The van der Waals surface area contributed by atoms with Gasteiger partial charge in [0.05, 0.1) is 7.11 Å². The molecule has 1 unspecified atom stereocenters. The van der Waals surface area contributed by atoms with E-state index < -0.39 is 5.54 Å². The van der Waals surface area contributed by atoms with Crippen LogP contribution in [0.1, 0.15) is 38.2 Å². The molecule has 1 saturated carbocycles. The Bertz CT molecular complexity index is 432. The van der Waals surface area contributed by atoms with Crippen LogP contribution in [0, 0.1) is 0 Å². The van der Waals surface area contributed by atoms with Crippen molar-refractivity contribution in [2.75, 3.05) is 13.7 Å². The predicted molar refractivity (Wildman–Crippen MR) is 79.1 cm³/mol. The zero-order valence-corrected chi connectivity index (χ0v) is 12.4. The summed E-state index contributed by atoms with van der Waals surface area (Å²) < 4.78 is 5.26. The summed E-state index contributed by atoms with van der Waals surface area (Å²) in [5, 5.41) is 3.41. The van der Waals surface area contributed by atoms with Crippen LogP contribution >= 0.6 is 12.4 Å². The average Bonchev–Trinajstić information content (AvgIpc) is 2.42. The molecule has 1 aromatic carbocycles. The second-order valence-corrected chi connectivity index (χ2v) is 4.80. The van der Waals surface area contributed by atoms with E-state index in [2.05, 4.69) is 5.32 Å². The highest BCUT2D eigenvalue weighted by Gasteiger charge is 2.40. The standard InChI is InChI=1S/C15H21NO2.ClH/c1-3-16-15(10-5-4-9-14(15)17)12-7-6-8-13(11-12)18-2;/h6-8,11,16H,3-5,9-10H2,1-2H3;1H. The summed E-state index contributed by atoms with van der Waals surface area (Å²) in [5.74, 6) is 1.12. The predicted octanol–water partition coefficient (Wildman–Crippen LogP) is 3.06. The van der Waals surface area contributed by atoms with Crippen molar-refractivity contribution in [2.45, 2.75) is 38.1 Å². The van der Waals surface area contributed by atoms with Crippen LogP contribution in [0.2, 0.25) is 0 Å². The van der Waals surface area contributed by atoms with E-state index in [9.17, 15) is 4.79 Å². The molecule has 0 aromatic heterocycles. The maximum absolute atomic E-state index is 12.4. The molecular weight excluding hydrogens is 262 g/mol. The van der Waals surface area contributed by atoms with E-state index in [1.807, 2.05) is 31.2 Å². The molecule has 1 aliphatic rings. The summed E-state index contributed by atoms with van der Waals surface area (Å²) in [5.41, 5.74) is 0.537. The summed E-state index contributed by atoms with van der Waals surface area (Å²) in [6.07, 6.45) is 3.66. The largest absolute Gasteiger partial charge is 0.497 e. The molecule has 4 heteroatoms. The van der Waals surface area contributed by atoms with Gasteiger partial charge in [-0.3, -0.25) is 4.79 Å². The van der Waals surface area contributed by atoms with E-state index in [1.165, 1.54) is 0 Å². The number of ketones is 1. The number of hydrogen-bond donors (Lipinski definition) is 1. The van der Waals surface area contributed by atoms with Crippen molar-refractivity contribution in [3.8, 4) is 5.75 Å². The highest BCUT2D eigenvalue weighted by Crippen LogP contribution is 2.35. The first-order valence-electron chi connectivity index (χ1n) is 6.66.